The number of likely N-dealkylation sites (N-methyl/N-ethyl adjacent to an activating group) is 1. The van der Waals surface area contributed by atoms with Crippen LogP contribution in [-0.4, -0.2) is 34.6 Å². The quantitative estimate of drug-likeness (QED) is 0.879. The SMILES string of the molecule is CC1CCc2c(sc3nc(Cl)nc(N(C)CC(=O)O)c23)C1. The molecule has 0 aliphatic heterocycles. The Morgan fingerprint density at radius 3 is 3.00 bits per heavy atom. The van der Waals surface area contributed by atoms with Gasteiger partial charge in [-0.25, -0.2) is 4.98 Å². The second kappa shape index (κ2) is 5.42. The molecule has 0 saturated heterocycles. The van der Waals surface area contributed by atoms with E-state index in [1.54, 1.807) is 23.3 Å². The van der Waals surface area contributed by atoms with Crippen LogP contribution in [0.2, 0.25) is 5.28 Å². The van der Waals surface area contributed by atoms with Crippen LogP contribution in [0.5, 0.6) is 0 Å². The molecule has 1 N–H and O–H groups in total. The summed E-state index contributed by atoms with van der Waals surface area (Å²) in [5, 5.41) is 10.1. The molecule has 1 unspecified atom stereocenters. The zero-order valence-electron chi connectivity index (χ0n) is 11.9. The molecular formula is C14H16ClN3O2S. The molecule has 1 aliphatic rings. The van der Waals surface area contributed by atoms with Crippen molar-refractivity contribution in [2.24, 2.45) is 5.92 Å². The number of aromatic nitrogens is 2. The molecule has 2 heterocycles. The second-order valence-corrected chi connectivity index (χ2v) is 7.02. The van der Waals surface area contributed by atoms with E-state index in [0.29, 0.717) is 11.7 Å². The standard InChI is InChI=1S/C14H16ClN3O2S/c1-7-3-4-8-9(5-7)21-13-11(8)12(16-14(15)17-13)18(2)6-10(19)20/h7H,3-6H2,1-2H3,(H,19,20). The lowest BCUT2D eigenvalue weighted by Crippen LogP contribution is -2.26. The first kappa shape index (κ1) is 14.5. The maximum absolute atomic E-state index is 11.0. The zero-order valence-corrected chi connectivity index (χ0v) is 13.5. The molecule has 1 aliphatic carbocycles. The summed E-state index contributed by atoms with van der Waals surface area (Å²) in [7, 11) is 1.72. The van der Waals surface area contributed by atoms with Gasteiger partial charge >= 0.3 is 5.97 Å². The number of hydrogen-bond acceptors (Lipinski definition) is 5. The summed E-state index contributed by atoms with van der Waals surface area (Å²) in [6.45, 7) is 2.15. The van der Waals surface area contributed by atoms with E-state index in [1.165, 1.54) is 10.4 Å². The monoisotopic (exact) mass is 325 g/mol. The number of fused-ring (bicyclic) bond motifs is 3. The second-order valence-electron chi connectivity index (χ2n) is 5.60. The van der Waals surface area contributed by atoms with E-state index in [9.17, 15) is 4.79 Å². The zero-order chi connectivity index (χ0) is 15.1. The van der Waals surface area contributed by atoms with Crippen LogP contribution >= 0.6 is 22.9 Å². The molecule has 0 saturated carbocycles. The number of thiophene rings is 1. The molecule has 3 rings (SSSR count). The van der Waals surface area contributed by atoms with Gasteiger partial charge in [0.1, 0.15) is 17.2 Å². The Morgan fingerprint density at radius 2 is 2.29 bits per heavy atom. The molecular weight excluding hydrogens is 310 g/mol. The van der Waals surface area contributed by atoms with Gasteiger partial charge in [-0.2, -0.15) is 4.98 Å². The van der Waals surface area contributed by atoms with Crippen molar-refractivity contribution >= 4 is 44.9 Å². The number of aliphatic carboxylic acids is 1. The molecule has 5 nitrogen and oxygen atoms in total. The molecule has 21 heavy (non-hydrogen) atoms. The number of nitrogens with zero attached hydrogens (tertiary/aromatic N) is 3. The molecule has 2 aromatic heterocycles. The van der Waals surface area contributed by atoms with Crippen LogP contribution in [0.15, 0.2) is 0 Å². The smallest absolute Gasteiger partial charge is 0.323 e. The van der Waals surface area contributed by atoms with Crippen molar-refractivity contribution in [1.82, 2.24) is 9.97 Å². The minimum absolute atomic E-state index is 0.108. The van der Waals surface area contributed by atoms with Gasteiger partial charge in [0.2, 0.25) is 5.28 Å². The number of carbonyl (C=O) groups is 1. The third kappa shape index (κ3) is 2.70. The van der Waals surface area contributed by atoms with E-state index in [0.717, 1.165) is 29.5 Å². The Hall–Kier alpha value is -1.40. The minimum atomic E-state index is -0.891. The Morgan fingerprint density at radius 1 is 1.52 bits per heavy atom. The molecule has 7 heteroatoms. The number of carboxylic acid groups (broad SMARTS) is 1. The molecule has 0 bridgehead atoms. The van der Waals surface area contributed by atoms with Crippen molar-refractivity contribution in [1.29, 1.82) is 0 Å². The van der Waals surface area contributed by atoms with Crippen LogP contribution in [0.4, 0.5) is 5.82 Å². The third-order valence-corrected chi connectivity index (χ3v) is 5.16. The largest absolute Gasteiger partial charge is 0.480 e. The van der Waals surface area contributed by atoms with E-state index < -0.39 is 5.97 Å². The van der Waals surface area contributed by atoms with Crippen LogP contribution in [0.25, 0.3) is 10.2 Å². The minimum Gasteiger partial charge on any atom is -0.480 e. The van der Waals surface area contributed by atoms with Crippen LogP contribution in [-0.2, 0) is 17.6 Å². The van der Waals surface area contributed by atoms with Gasteiger partial charge in [0, 0.05) is 11.9 Å². The third-order valence-electron chi connectivity index (χ3n) is 3.84. The summed E-state index contributed by atoms with van der Waals surface area (Å²) in [4.78, 5) is 23.4. The van der Waals surface area contributed by atoms with Crippen LogP contribution in [0.3, 0.4) is 0 Å². The van der Waals surface area contributed by atoms with Crippen LogP contribution < -0.4 is 4.90 Å². The summed E-state index contributed by atoms with van der Waals surface area (Å²) in [6, 6.07) is 0. The molecule has 1 atom stereocenters. The highest BCUT2D eigenvalue weighted by molar-refractivity contribution is 7.19. The predicted octanol–water partition coefficient (Wildman–Crippen LogP) is 2.99. The number of rotatable bonds is 3. The molecule has 112 valence electrons. The Bertz CT molecular complexity index is 716. The number of halogens is 1. The first-order valence-electron chi connectivity index (χ1n) is 6.86. The Balaban J connectivity index is 2.17. The van der Waals surface area contributed by atoms with E-state index in [4.69, 9.17) is 16.7 Å². The lowest BCUT2D eigenvalue weighted by Gasteiger charge is -2.20. The summed E-state index contributed by atoms with van der Waals surface area (Å²) in [5.41, 5.74) is 1.28. The van der Waals surface area contributed by atoms with Gasteiger partial charge in [-0.15, -0.1) is 11.3 Å². The maximum Gasteiger partial charge on any atom is 0.323 e. The van der Waals surface area contributed by atoms with Crippen molar-refractivity contribution in [3.63, 3.8) is 0 Å². The van der Waals surface area contributed by atoms with Gasteiger partial charge < -0.3 is 10.0 Å². The van der Waals surface area contributed by atoms with Gasteiger partial charge in [0.05, 0.1) is 5.39 Å². The fraction of sp³-hybridized carbons (Fsp3) is 0.500. The summed E-state index contributed by atoms with van der Waals surface area (Å²) in [6.07, 6.45) is 3.19. The normalized spacial score (nSPS) is 17.8. The van der Waals surface area contributed by atoms with Gasteiger partial charge in [0.15, 0.2) is 0 Å². The molecule has 2 aromatic rings. The van der Waals surface area contributed by atoms with Gasteiger partial charge in [-0.3, -0.25) is 4.79 Å². The number of anilines is 1. The van der Waals surface area contributed by atoms with Crippen molar-refractivity contribution in [3.05, 3.63) is 15.7 Å². The lowest BCUT2D eigenvalue weighted by atomic mass is 9.89. The van der Waals surface area contributed by atoms with Crippen LogP contribution in [0.1, 0.15) is 23.8 Å². The first-order valence-corrected chi connectivity index (χ1v) is 8.06. The average Bonchev–Trinajstić information content (AvgIpc) is 2.73. The molecule has 0 amide bonds. The highest BCUT2D eigenvalue weighted by Crippen LogP contribution is 2.41. The fourth-order valence-electron chi connectivity index (χ4n) is 2.85. The molecule has 0 radical (unpaired) electrons. The first-order chi connectivity index (χ1) is 9.95. The summed E-state index contributed by atoms with van der Waals surface area (Å²) in [5.74, 6) is 0.409. The van der Waals surface area contributed by atoms with Gasteiger partial charge in [0.25, 0.3) is 0 Å². The highest BCUT2D eigenvalue weighted by atomic mass is 35.5. The molecule has 0 fully saturated rings. The fourth-order valence-corrected chi connectivity index (χ4v) is 4.44. The highest BCUT2D eigenvalue weighted by Gasteiger charge is 2.25. The molecule has 0 spiro atoms. The summed E-state index contributed by atoms with van der Waals surface area (Å²) >= 11 is 7.67. The van der Waals surface area contributed by atoms with Crippen molar-refractivity contribution < 1.29 is 9.90 Å². The maximum atomic E-state index is 11.0. The Kier molecular flexibility index (Phi) is 3.75. The average molecular weight is 326 g/mol. The molecule has 0 aromatic carbocycles. The topological polar surface area (TPSA) is 66.3 Å². The number of carboxylic acids is 1. The number of aryl methyl sites for hydroxylation is 1. The van der Waals surface area contributed by atoms with E-state index in [-0.39, 0.29) is 11.8 Å². The van der Waals surface area contributed by atoms with E-state index in [2.05, 4.69) is 16.9 Å². The number of hydrogen-bond donors (Lipinski definition) is 1. The van der Waals surface area contributed by atoms with Crippen molar-refractivity contribution in [2.75, 3.05) is 18.5 Å². The van der Waals surface area contributed by atoms with Gasteiger partial charge in [-0.1, -0.05) is 6.92 Å². The van der Waals surface area contributed by atoms with Crippen LogP contribution in [0, 0.1) is 5.92 Å². The predicted molar refractivity (Wildman–Crippen MR) is 84.5 cm³/mol. The Labute approximate surface area is 131 Å². The van der Waals surface area contributed by atoms with Crippen molar-refractivity contribution in [3.8, 4) is 0 Å². The summed E-state index contributed by atoms with van der Waals surface area (Å²) < 4.78 is 0. The van der Waals surface area contributed by atoms with Gasteiger partial charge in [-0.05, 0) is 42.3 Å². The lowest BCUT2D eigenvalue weighted by molar-refractivity contribution is -0.135. The van der Waals surface area contributed by atoms with E-state index >= 15 is 0 Å². The van der Waals surface area contributed by atoms with Crippen molar-refractivity contribution in [2.45, 2.75) is 26.2 Å². The van der Waals surface area contributed by atoms with E-state index in [1.807, 2.05) is 0 Å².